The zero-order chi connectivity index (χ0) is 18.9. The van der Waals surface area contributed by atoms with Crippen molar-refractivity contribution in [2.45, 2.75) is 57.9 Å². The average Bonchev–Trinajstić information content (AvgIpc) is 2.61. The standard InChI is InChI=1S/C21H22F4O/c1-3-4-13(2)15-9-16-12-26-20(11-18(16)19(22)10-15)14-5-7-17(8-6-14)21(23,24)25/h5-10,13,20H,3-4,11-12H2,1-2H3. The summed E-state index contributed by atoms with van der Waals surface area (Å²) in [5, 5.41) is 0. The first kappa shape index (κ1) is 18.9. The second-order valence-electron chi connectivity index (χ2n) is 6.95. The van der Waals surface area contributed by atoms with Gasteiger partial charge >= 0.3 is 6.18 Å². The Labute approximate surface area is 151 Å². The number of hydrogen-bond donors (Lipinski definition) is 0. The molecule has 140 valence electrons. The van der Waals surface area contributed by atoms with E-state index in [0.29, 0.717) is 17.5 Å². The normalized spacial score (nSPS) is 18.5. The predicted molar refractivity (Wildman–Crippen MR) is 92.4 cm³/mol. The first-order valence-corrected chi connectivity index (χ1v) is 8.89. The van der Waals surface area contributed by atoms with Crippen LogP contribution in [-0.4, -0.2) is 0 Å². The van der Waals surface area contributed by atoms with Gasteiger partial charge in [0.1, 0.15) is 5.82 Å². The van der Waals surface area contributed by atoms with Crippen molar-refractivity contribution >= 4 is 0 Å². The summed E-state index contributed by atoms with van der Waals surface area (Å²) >= 11 is 0. The maximum atomic E-state index is 14.6. The van der Waals surface area contributed by atoms with Crippen LogP contribution in [0, 0.1) is 5.82 Å². The minimum Gasteiger partial charge on any atom is -0.368 e. The van der Waals surface area contributed by atoms with Gasteiger partial charge in [0, 0.05) is 6.42 Å². The predicted octanol–water partition coefficient (Wildman–Crippen LogP) is 6.56. The molecule has 0 aliphatic carbocycles. The van der Waals surface area contributed by atoms with E-state index in [1.54, 1.807) is 6.07 Å². The molecule has 3 rings (SSSR count). The summed E-state index contributed by atoms with van der Waals surface area (Å²) in [6.07, 6.45) is -2.44. The van der Waals surface area contributed by atoms with Crippen LogP contribution < -0.4 is 0 Å². The zero-order valence-electron chi connectivity index (χ0n) is 14.9. The summed E-state index contributed by atoms with van der Waals surface area (Å²) in [6.45, 7) is 4.45. The van der Waals surface area contributed by atoms with Crippen molar-refractivity contribution in [3.8, 4) is 0 Å². The molecule has 0 aromatic heterocycles. The van der Waals surface area contributed by atoms with Crippen molar-refractivity contribution in [3.63, 3.8) is 0 Å². The molecule has 1 aliphatic rings. The van der Waals surface area contributed by atoms with E-state index in [-0.39, 0.29) is 18.3 Å². The van der Waals surface area contributed by atoms with Crippen molar-refractivity contribution in [1.29, 1.82) is 0 Å². The van der Waals surface area contributed by atoms with E-state index in [2.05, 4.69) is 13.8 Å². The van der Waals surface area contributed by atoms with Gasteiger partial charge in [-0.25, -0.2) is 4.39 Å². The Hall–Kier alpha value is -1.88. The Bertz CT molecular complexity index is 765. The summed E-state index contributed by atoms with van der Waals surface area (Å²) in [5.74, 6) is 0.0353. The highest BCUT2D eigenvalue weighted by molar-refractivity contribution is 5.38. The lowest BCUT2D eigenvalue weighted by Gasteiger charge is -2.27. The topological polar surface area (TPSA) is 9.23 Å². The van der Waals surface area contributed by atoms with Gasteiger partial charge < -0.3 is 4.74 Å². The van der Waals surface area contributed by atoms with Crippen molar-refractivity contribution in [3.05, 3.63) is 70.0 Å². The molecule has 26 heavy (non-hydrogen) atoms. The third-order valence-corrected chi connectivity index (χ3v) is 5.04. The minimum atomic E-state index is -4.36. The van der Waals surface area contributed by atoms with Crippen molar-refractivity contribution in [2.24, 2.45) is 0 Å². The Morgan fingerprint density at radius 2 is 1.85 bits per heavy atom. The molecule has 0 bridgehead atoms. The molecular weight excluding hydrogens is 344 g/mol. The van der Waals surface area contributed by atoms with E-state index in [4.69, 9.17) is 4.74 Å². The van der Waals surface area contributed by atoms with Gasteiger partial charge in [-0.05, 0) is 52.8 Å². The fourth-order valence-electron chi connectivity index (χ4n) is 3.49. The van der Waals surface area contributed by atoms with E-state index < -0.39 is 17.8 Å². The van der Waals surface area contributed by atoms with Gasteiger partial charge in [0.25, 0.3) is 0 Å². The smallest absolute Gasteiger partial charge is 0.368 e. The first-order chi connectivity index (χ1) is 12.3. The highest BCUT2D eigenvalue weighted by Gasteiger charge is 2.31. The monoisotopic (exact) mass is 366 g/mol. The SMILES string of the molecule is CCCC(C)c1cc(F)c2c(c1)COC(c1ccc(C(F)(F)F)cc1)C2. The van der Waals surface area contributed by atoms with Crippen LogP contribution in [0.15, 0.2) is 36.4 Å². The van der Waals surface area contributed by atoms with Gasteiger partial charge in [-0.3, -0.25) is 0 Å². The highest BCUT2D eigenvalue weighted by atomic mass is 19.4. The number of rotatable bonds is 4. The third-order valence-electron chi connectivity index (χ3n) is 5.04. The van der Waals surface area contributed by atoms with Gasteiger partial charge in [-0.2, -0.15) is 13.2 Å². The van der Waals surface area contributed by atoms with Crippen LogP contribution >= 0.6 is 0 Å². The van der Waals surface area contributed by atoms with Gasteiger partial charge in [0.2, 0.25) is 0 Å². The number of benzene rings is 2. The molecule has 0 radical (unpaired) electrons. The molecule has 0 saturated heterocycles. The molecule has 2 unspecified atom stereocenters. The van der Waals surface area contributed by atoms with Crippen molar-refractivity contribution in [2.75, 3.05) is 0 Å². The number of halogens is 4. The fourth-order valence-corrected chi connectivity index (χ4v) is 3.49. The van der Waals surface area contributed by atoms with Gasteiger partial charge in [-0.1, -0.05) is 38.5 Å². The van der Waals surface area contributed by atoms with Crippen LogP contribution in [0.5, 0.6) is 0 Å². The number of hydrogen-bond acceptors (Lipinski definition) is 1. The minimum absolute atomic E-state index is 0.249. The van der Waals surface area contributed by atoms with E-state index in [0.717, 1.165) is 36.1 Å². The van der Waals surface area contributed by atoms with Crippen LogP contribution in [0.1, 0.15) is 66.5 Å². The molecule has 0 amide bonds. The molecule has 2 aromatic rings. The lowest BCUT2D eigenvalue weighted by molar-refractivity contribution is -0.137. The summed E-state index contributed by atoms with van der Waals surface area (Å²) in [4.78, 5) is 0. The summed E-state index contributed by atoms with van der Waals surface area (Å²) in [6, 6.07) is 8.50. The van der Waals surface area contributed by atoms with Gasteiger partial charge in [0.05, 0.1) is 18.3 Å². The zero-order valence-corrected chi connectivity index (χ0v) is 14.9. The van der Waals surface area contributed by atoms with Crippen LogP contribution in [0.4, 0.5) is 17.6 Å². The molecule has 2 aromatic carbocycles. The Balaban J connectivity index is 1.81. The number of fused-ring (bicyclic) bond motifs is 1. The van der Waals surface area contributed by atoms with E-state index in [1.165, 1.54) is 12.1 Å². The third kappa shape index (κ3) is 3.93. The van der Waals surface area contributed by atoms with Gasteiger partial charge in [0.15, 0.2) is 0 Å². The summed E-state index contributed by atoms with van der Waals surface area (Å²) in [5.41, 5.74) is 2.35. The molecule has 0 N–H and O–H groups in total. The maximum absolute atomic E-state index is 14.6. The second-order valence-corrected chi connectivity index (χ2v) is 6.95. The first-order valence-electron chi connectivity index (χ1n) is 8.89. The Morgan fingerprint density at radius 1 is 1.15 bits per heavy atom. The quantitative estimate of drug-likeness (QED) is 0.557. The molecule has 1 nitrogen and oxygen atoms in total. The molecular formula is C21H22F4O. The molecule has 0 fully saturated rings. The molecule has 5 heteroatoms. The number of alkyl halides is 3. The van der Waals surface area contributed by atoms with E-state index >= 15 is 0 Å². The van der Waals surface area contributed by atoms with Crippen LogP contribution in [0.2, 0.25) is 0 Å². The molecule has 1 aliphatic heterocycles. The van der Waals surface area contributed by atoms with Crippen LogP contribution in [0.3, 0.4) is 0 Å². The molecule has 1 heterocycles. The lowest BCUT2D eigenvalue weighted by Crippen LogP contribution is -2.18. The van der Waals surface area contributed by atoms with E-state index in [1.807, 2.05) is 6.07 Å². The molecule has 0 spiro atoms. The molecule has 2 atom stereocenters. The average molecular weight is 366 g/mol. The lowest BCUT2D eigenvalue weighted by atomic mass is 9.89. The maximum Gasteiger partial charge on any atom is 0.416 e. The van der Waals surface area contributed by atoms with Crippen LogP contribution in [-0.2, 0) is 23.9 Å². The second kappa shape index (κ2) is 7.39. The molecule has 0 saturated carbocycles. The van der Waals surface area contributed by atoms with Crippen molar-refractivity contribution in [1.82, 2.24) is 0 Å². The highest BCUT2D eigenvalue weighted by Crippen LogP contribution is 2.36. The van der Waals surface area contributed by atoms with Crippen molar-refractivity contribution < 1.29 is 22.3 Å². The number of ether oxygens (including phenoxy) is 1. The Morgan fingerprint density at radius 3 is 2.46 bits per heavy atom. The summed E-state index contributed by atoms with van der Waals surface area (Å²) < 4.78 is 58.5. The fraction of sp³-hybridized carbons (Fsp3) is 0.429. The van der Waals surface area contributed by atoms with E-state index in [9.17, 15) is 17.6 Å². The van der Waals surface area contributed by atoms with Crippen LogP contribution in [0.25, 0.3) is 0 Å². The largest absolute Gasteiger partial charge is 0.416 e. The summed E-state index contributed by atoms with van der Waals surface area (Å²) in [7, 11) is 0. The Kier molecular flexibility index (Phi) is 5.37. The van der Waals surface area contributed by atoms with Gasteiger partial charge in [-0.15, -0.1) is 0 Å².